The van der Waals surface area contributed by atoms with Crippen LogP contribution in [0.1, 0.15) is 19.4 Å². The molecule has 2 heterocycles. The lowest BCUT2D eigenvalue weighted by atomic mass is 10.00. The van der Waals surface area contributed by atoms with Gasteiger partial charge in [0.1, 0.15) is 5.75 Å². The Morgan fingerprint density at radius 1 is 1.31 bits per heavy atom. The van der Waals surface area contributed by atoms with Crippen LogP contribution in [0.3, 0.4) is 0 Å². The van der Waals surface area contributed by atoms with E-state index < -0.39 is 0 Å². The van der Waals surface area contributed by atoms with Crippen molar-refractivity contribution in [2.45, 2.75) is 25.8 Å². The van der Waals surface area contributed by atoms with E-state index in [0.29, 0.717) is 5.75 Å². The minimum Gasteiger partial charge on any atom is -0.508 e. The fourth-order valence-corrected chi connectivity index (χ4v) is 1.92. The molecule has 1 saturated heterocycles. The molecule has 1 aromatic carbocycles. The third-order valence-electron chi connectivity index (χ3n) is 3.17. The van der Waals surface area contributed by atoms with Gasteiger partial charge in [0.15, 0.2) is 0 Å². The molecular weight excluding hydrogens is 202 g/mol. The zero-order chi connectivity index (χ0) is 11.8. The molecule has 0 bridgehead atoms. The lowest BCUT2D eigenvalue weighted by Crippen LogP contribution is -2.37. The summed E-state index contributed by atoms with van der Waals surface area (Å²) in [7, 11) is 2.07. The Kier molecular flexibility index (Phi) is 2.80. The second kappa shape index (κ2) is 3.98. The van der Waals surface area contributed by atoms with Crippen LogP contribution in [0.15, 0.2) is 18.2 Å². The molecule has 1 fully saturated rings. The average Bonchev–Trinajstić information content (AvgIpc) is 3.04. The lowest BCUT2D eigenvalue weighted by molar-refractivity contribution is 0.475. The first-order valence-electron chi connectivity index (χ1n) is 5.64. The highest BCUT2D eigenvalue weighted by molar-refractivity contribution is 5.62. The Morgan fingerprint density at radius 2 is 1.94 bits per heavy atom. The first-order valence-corrected chi connectivity index (χ1v) is 5.64. The number of ether oxygens (including phenoxy) is 1. The van der Waals surface area contributed by atoms with E-state index in [-0.39, 0.29) is 5.54 Å². The summed E-state index contributed by atoms with van der Waals surface area (Å²) >= 11 is 0. The summed E-state index contributed by atoms with van der Waals surface area (Å²) in [6.07, 6.45) is 1.05. The average molecular weight is 221 g/mol. The molecule has 3 nitrogen and oxygen atoms in total. The van der Waals surface area contributed by atoms with Crippen molar-refractivity contribution in [2.24, 2.45) is 0 Å². The van der Waals surface area contributed by atoms with Gasteiger partial charge in [0.25, 0.3) is 0 Å². The van der Waals surface area contributed by atoms with Gasteiger partial charge < -0.3 is 14.7 Å². The zero-order valence-corrected chi connectivity index (χ0v) is 10.2. The van der Waals surface area contributed by atoms with Gasteiger partial charge in [-0.3, -0.25) is 0 Å². The molecule has 0 radical (unpaired) electrons. The number of phenols is 1. The van der Waals surface area contributed by atoms with E-state index in [1.807, 2.05) is 12.1 Å². The molecular formula is C13H19NO2. The van der Waals surface area contributed by atoms with Gasteiger partial charge in [-0.15, -0.1) is 0 Å². The topological polar surface area (TPSA) is 36.0 Å². The van der Waals surface area contributed by atoms with Gasteiger partial charge in [-0.05, 0) is 31.9 Å². The van der Waals surface area contributed by atoms with Crippen LogP contribution in [0, 0.1) is 0 Å². The summed E-state index contributed by atoms with van der Waals surface area (Å²) < 4.78 is 4.50. The van der Waals surface area contributed by atoms with Crippen molar-refractivity contribution in [2.75, 3.05) is 25.2 Å². The standard InChI is InChI=1S/C11H15NO.C2H4O/c1-11(2)7-8-4-5-9(13)6-10(8)12(11)3;1-2-3-1/h4-6,13H,7H2,1-3H3;1-2H2. The van der Waals surface area contributed by atoms with Crippen LogP contribution in [0.5, 0.6) is 5.75 Å². The Labute approximate surface area is 96.6 Å². The van der Waals surface area contributed by atoms with E-state index in [4.69, 9.17) is 0 Å². The smallest absolute Gasteiger partial charge is 0.117 e. The molecule has 0 aromatic heterocycles. The summed E-state index contributed by atoms with van der Waals surface area (Å²) in [4.78, 5) is 2.22. The lowest BCUT2D eigenvalue weighted by Gasteiger charge is -2.29. The Bertz CT molecular complexity index is 383. The van der Waals surface area contributed by atoms with E-state index in [0.717, 1.165) is 25.3 Å². The summed E-state index contributed by atoms with van der Waals surface area (Å²) in [5, 5.41) is 9.36. The van der Waals surface area contributed by atoms with Gasteiger partial charge in [-0.25, -0.2) is 0 Å². The Morgan fingerprint density at radius 3 is 2.50 bits per heavy atom. The number of benzene rings is 1. The van der Waals surface area contributed by atoms with Gasteiger partial charge in [0.2, 0.25) is 0 Å². The first-order chi connectivity index (χ1) is 7.50. The van der Waals surface area contributed by atoms with Crippen molar-refractivity contribution in [3.05, 3.63) is 23.8 Å². The van der Waals surface area contributed by atoms with Crippen molar-refractivity contribution in [1.82, 2.24) is 0 Å². The summed E-state index contributed by atoms with van der Waals surface area (Å²) in [6.45, 7) is 6.42. The van der Waals surface area contributed by atoms with E-state index in [1.165, 1.54) is 5.56 Å². The highest BCUT2D eigenvalue weighted by atomic mass is 16.6. The van der Waals surface area contributed by atoms with Crippen LogP contribution in [-0.2, 0) is 11.2 Å². The fourth-order valence-electron chi connectivity index (χ4n) is 1.92. The molecule has 2 aliphatic heterocycles. The van der Waals surface area contributed by atoms with Gasteiger partial charge in [-0.1, -0.05) is 6.07 Å². The zero-order valence-electron chi connectivity index (χ0n) is 10.2. The van der Waals surface area contributed by atoms with Crippen LogP contribution in [0.4, 0.5) is 5.69 Å². The van der Waals surface area contributed by atoms with Crippen molar-refractivity contribution in [3.8, 4) is 5.75 Å². The third-order valence-corrected chi connectivity index (χ3v) is 3.17. The van der Waals surface area contributed by atoms with Gasteiger partial charge in [0.05, 0.1) is 13.2 Å². The number of likely N-dealkylation sites (N-methyl/N-ethyl adjacent to an activating group) is 1. The third kappa shape index (κ3) is 2.30. The molecule has 0 aliphatic carbocycles. The minimum absolute atomic E-state index is 0.177. The minimum atomic E-state index is 0.177. The first kappa shape index (κ1) is 11.3. The summed E-state index contributed by atoms with van der Waals surface area (Å²) in [6, 6.07) is 5.61. The van der Waals surface area contributed by atoms with Crippen LogP contribution >= 0.6 is 0 Å². The van der Waals surface area contributed by atoms with Crippen LogP contribution < -0.4 is 4.90 Å². The van der Waals surface area contributed by atoms with E-state index >= 15 is 0 Å². The quantitative estimate of drug-likeness (QED) is 0.682. The maximum Gasteiger partial charge on any atom is 0.117 e. The predicted octanol–water partition coefficient (Wildman–Crippen LogP) is 2.18. The van der Waals surface area contributed by atoms with Crippen molar-refractivity contribution >= 4 is 5.69 Å². The maximum atomic E-state index is 9.36. The number of nitrogens with zero attached hydrogens (tertiary/aromatic N) is 1. The van der Waals surface area contributed by atoms with Crippen molar-refractivity contribution in [1.29, 1.82) is 0 Å². The molecule has 0 atom stereocenters. The number of anilines is 1. The molecule has 3 rings (SSSR count). The molecule has 1 N–H and O–H groups in total. The summed E-state index contributed by atoms with van der Waals surface area (Å²) in [5.41, 5.74) is 2.66. The molecule has 3 heteroatoms. The van der Waals surface area contributed by atoms with Crippen LogP contribution in [0.25, 0.3) is 0 Å². The van der Waals surface area contributed by atoms with E-state index in [2.05, 4.69) is 30.5 Å². The maximum absolute atomic E-state index is 9.36. The monoisotopic (exact) mass is 221 g/mol. The number of hydrogen-bond acceptors (Lipinski definition) is 3. The predicted molar refractivity (Wildman–Crippen MR) is 65.1 cm³/mol. The highest BCUT2D eigenvalue weighted by Crippen LogP contribution is 2.38. The SMILES string of the molecule is C1CO1.CN1c2cc(O)ccc2CC1(C)C. The second-order valence-corrected chi connectivity index (χ2v) is 4.97. The summed E-state index contributed by atoms with van der Waals surface area (Å²) in [5.74, 6) is 0.350. The number of epoxide rings is 1. The number of rotatable bonds is 0. The second-order valence-electron chi connectivity index (χ2n) is 4.97. The normalized spacial score (nSPS) is 19.8. The van der Waals surface area contributed by atoms with Gasteiger partial charge in [-0.2, -0.15) is 0 Å². The van der Waals surface area contributed by atoms with Crippen LogP contribution in [-0.4, -0.2) is 30.9 Å². The van der Waals surface area contributed by atoms with E-state index in [1.54, 1.807) is 6.07 Å². The molecule has 1 aromatic rings. The number of fused-ring (bicyclic) bond motifs is 1. The van der Waals surface area contributed by atoms with Crippen molar-refractivity contribution < 1.29 is 9.84 Å². The molecule has 0 spiro atoms. The highest BCUT2D eigenvalue weighted by Gasteiger charge is 2.33. The van der Waals surface area contributed by atoms with E-state index in [9.17, 15) is 5.11 Å². The Hall–Kier alpha value is -1.22. The molecule has 0 unspecified atom stereocenters. The van der Waals surface area contributed by atoms with Crippen LogP contribution in [0.2, 0.25) is 0 Å². The number of aromatic hydroxyl groups is 1. The molecule has 88 valence electrons. The Balaban J connectivity index is 0.000000278. The molecule has 2 aliphatic rings. The fraction of sp³-hybridized carbons (Fsp3) is 0.538. The van der Waals surface area contributed by atoms with Gasteiger partial charge in [0, 0.05) is 24.3 Å². The molecule has 0 amide bonds. The largest absolute Gasteiger partial charge is 0.508 e. The van der Waals surface area contributed by atoms with Crippen molar-refractivity contribution in [3.63, 3.8) is 0 Å². The number of hydrogen-bond donors (Lipinski definition) is 1. The number of phenolic OH excluding ortho intramolecular Hbond substituents is 1. The molecule has 0 saturated carbocycles. The molecule has 16 heavy (non-hydrogen) atoms. The van der Waals surface area contributed by atoms with Gasteiger partial charge >= 0.3 is 0 Å².